The third-order valence-corrected chi connectivity index (χ3v) is 3.83. The molecule has 0 radical (unpaired) electrons. The molecule has 0 aliphatic rings. The van der Waals surface area contributed by atoms with E-state index in [0.29, 0.717) is 17.9 Å². The van der Waals surface area contributed by atoms with E-state index in [1.807, 2.05) is 12.1 Å². The first-order valence-electron chi connectivity index (χ1n) is 6.28. The molecule has 2 rings (SSSR count). The van der Waals surface area contributed by atoms with Crippen LogP contribution in [0.4, 0.5) is 4.39 Å². The van der Waals surface area contributed by atoms with Crippen molar-refractivity contribution in [2.75, 3.05) is 5.75 Å². The third-order valence-electron chi connectivity index (χ3n) is 2.85. The molecule has 0 saturated carbocycles. The van der Waals surface area contributed by atoms with E-state index in [2.05, 4.69) is 0 Å². The summed E-state index contributed by atoms with van der Waals surface area (Å²) in [4.78, 5) is 11.9. The number of ketones is 1. The van der Waals surface area contributed by atoms with E-state index in [9.17, 15) is 9.18 Å². The van der Waals surface area contributed by atoms with E-state index in [-0.39, 0.29) is 24.0 Å². The van der Waals surface area contributed by atoms with E-state index < -0.39 is 6.04 Å². The molecule has 0 amide bonds. The maximum atomic E-state index is 12.8. The Morgan fingerprint density at radius 3 is 2.62 bits per heavy atom. The number of hydrogen-bond donors (Lipinski definition) is 1. The molecule has 1 heterocycles. The Hall–Kier alpha value is -1.30. The predicted molar refractivity (Wildman–Crippen MR) is 85.2 cm³/mol. The van der Waals surface area contributed by atoms with Crippen LogP contribution in [0.25, 0.3) is 0 Å². The fraction of sp³-hybridized carbons (Fsp3) is 0.267. The van der Waals surface area contributed by atoms with Gasteiger partial charge in [0.1, 0.15) is 11.6 Å². The maximum Gasteiger partial charge on any atom is 0.159 e. The summed E-state index contributed by atoms with van der Waals surface area (Å²) >= 11 is 1.48. The van der Waals surface area contributed by atoms with E-state index in [1.165, 1.54) is 23.9 Å². The minimum absolute atomic E-state index is 0. The number of Topliss-reactive ketones (excluding diaryl/α,β-unsaturated/α-hetero) is 1. The Labute approximate surface area is 133 Å². The highest BCUT2D eigenvalue weighted by Gasteiger charge is 2.14. The van der Waals surface area contributed by atoms with Crippen LogP contribution >= 0.6 is 24.2 Å². The quantitative estimate of drug-likeness (QED) is 0.847. The normalized spacial score (nSPS) is 11.7. The van der Waals surface area contributed by atoms with Gasteiger partial charge in [-0.25, -0.2) is 4.39 Å². The van der Waals surface area contributed by atoms with Crippen LogP contribution in [0.15, 0.2) is 47.1 Å². The van der Waals surface area contributed by atoms with Gasteiger partial charge in [-0.15, -0.1) is 24.2 Å². The molecule has 0 aliphatic heterocycles. The molecule has 0 fully saturated rings. The van der Waals surface area contributed by atoms with Gasteiger partial charge in [0.15, 0.2) is 5.78 Å². The Morgan fingerprint density at radius 1 is 1.29 bits per heavy atom. The maximum absolute atomic E-state index is 12.8. The number of nitrogens with two attached hydrogens (primary N) is 1. The molecule has 0 unspecified atom stereocenters. The molecule has 2 N–H and O–H groups in total. The van der Waals surface area contributed by atoms with Crippen LogP contribution in [-0.2, 0) is 17.0 Å². The van der Waals surface area contributed by atoms with Crippen LogP contribution in [0.5, 0.6) is 0 Å². The summed E-state index contributed by atoms with van der Waals surface area (Å²) in [7, 11) is 0. The molecule has 0 aliphatic carbocycles. The van der Waals surface area contributed by atoms with Crippen LogP contribution in [0.2, 0.25) is 0 Å². The molecular formula is C15H17ClFNO2S. The number of rotatable bonds is 7. The molecule has 0 spiro atoms. The van der Waals surface area contributed by atoms with E-state index >= 15 is 0 Å². The fourth-order valence-electron chi connectivity index (χ4n) is 1.74. The summed E-state index contributed by atoms with van der Waals surface area (Å²) in [6.45, 7) is 0. The average Bonchev–Trinajstić information content (AvgIpc) is 2.94. The molecule has 1 atom stereocenters. The standard InChI is InChI=1S/C15H16FNO2S.ClH/c16-12-5-3-11(4-6-12)8-14(17)15(18)10-20-9-13-2-1-7-19-13;/h1-7,14H,8-10,17H2;1H/t14-;/m0./s1. The van der Waals surface area contributed by atoms with Gasteiger partial charge in [-0.3, -0.25) is 4.79 Å². The lowest BCUT2D eigenvalue weighted by Gasteiger charge is -2.10. The second-order valence-corrected chi connectivity index (χ2v) is 5.46. The summed E-state index contributed by atoms with van der Waals surface area (Å²) in [6.07, 6.45) is 2.04. The zero-order chi connectivity index (χ0) is 14.4. The van der Waals surface area contributed by atoms with Crippen molar-refractivity contribution in [3.8, 4) is 0 Å². The first kappa shape index (κ1) is 17.8. The average molecular weight is 330 g/mol. The smallest absolute Gasteiger partial charge is 0.159 e. The lowest BCUT2D eigenvalue weighted by molar-refractivity contribution is -0.117. The van der Waals surface area contributed by atoms with Crippen molar-refractivity contribution in [1.82, 2.24) is 0 Å². The lowest BCUT2D eigenvalue weighted by Crippen LogP contribution is -2.34. The predicted octanol–water partition coefficient (Wildman–Crippen LogP) is 3.21. The van der Waals surface area contributed by atoms with Gasteiger partial charge in [0.25, 0.3) is 0 Å². The summed E-state index contributed by atoms with van der Waals surface area (Å²) in [5.74, 6) is 1.55. The topological polar surface area (TPSA) is 56.2 Å². The van der Waals surface area contributed by atoms with Gasteiger partial charge in [0, 0.05) is 0 Å². The van der Waals surface area contributed by atoms with E-state index in [0.717, 1.165) is 11.3 Å². The SMILES string of the molecule is Cl.N[C@@H](Cc1ccc(F)cc1)C(=O)CSCc1ccco1. The van der Waals surface area contributed by atoms with Crippen molar-refractivity contribution in [1.29, 1.82) is 0 Å². The number of carbonyl (C=O) groups is 1. The molecule has 0 saturated heterocycles. The summed E-state index contributed by atoms with van der Waals surface area (Å²) < 4.78 is 18.0. The highest BCUT2D eigenvalue weighted by atomic mass is 35.5. The number of carbonyl (C=O) groups excluding carboxylic acids is 1. The Bertz CT molecular complexity index is 545. The largest absolute Gasteiger partial charge is 0.468 e. The highest BCUT2D eigenvalue weighted by molar-refractivity contribution is 7.99. The Kier molecular flexibility index (Phi) is 7.50. The number of benzene rings is 1. The Balaban J connectivity index is 0.00000220. The molecule has 2 aromatic rings. The second-order valence-electron chi connectivity index (χ2n) is 4.48. The van der Waals surface area contributed by atoms with Gasteiger partial charge in [-0.2, -0.15) is 0 Å². The van der Waals surface area contributed by atoms with Crippen LogP contribution in [0.1, 0.15) is 11.3 Å². The summed E-state index contributed by atoms with van der Waals surface area (Å²) in [5, 5.41) is 0. The third kappa shape index (κ3) is 5.91. The van der Waals surface area contributed by atoms with Gasteiger partial charge in [-0.05, 0) is 36.2 Å². The van der Waals surface area contributed by atoms with E-state index in [4.69, 9.17) is 10.2 Å². The molecule has 114 valence electrons. The molecule has 3 nitrogen and oxygen atoms in total. The van der Waals surface area contributed by atoms with Crippen molar-refractivity contribution >= 4 is 30.0 Å². The van der Waals surface area contributed by atoms with Crippen molar-refractivity contribution in [3.63, 3.8) is 0 Å². The number of hydrogen-bond acceptors (Lipinski definition) is 4. The summed E-state index contributed by atoms with van der Waals surface area (Å²) in [5.41, 5.74) is 6.73. The number of halogens is 2. The minimum atomic E-state index is -0.551. The van der Waals surface area contributed by atoms with Crippen molar-refractivity contribution in [3.05, 3.63) is 59.8 Å². The summed E-state index contributed by atoms with van der Waals surface area (Å²) in [6, 6.07) is 9.19. The van der Waals surface area contributed by atoms with Gasteiger partial charge < -0.3 is 10.2 Å². The number of furan rings is 1. The van der Waals surface area contributed by atoms with Crippen molar-refractivity contribution < 1.29 is 13.6 Å². The molecular weight excluding hydrogens is 313 g/mol. The first-order chi connectivity index (χ1) is 9.65. The van der Waals surface area contributed by atoms with Crippen LogP contribution < -0.4 is 5.73 Å². The van der Waals surface area contributed by atoms with Gasteiger partial charge in [-0.1, -0.05) is 12.1 Å². The molecule has 6 heteroatoms. The zero-order valence-electron chi connectivity index (χ0n) is 11.3. The van der Waals surface area contributed by atoms with Crippen molar-refractivity contribution in [2.24, 2.45) is 5.73 Å². The lowest BCUT2D eigenvalue weighted by atomic mass is 10.0. The molecule has 1 aromatic heterocycles. The van der Waals surface area contributed by atoms with Crippen molar-refractivity contribution in [2.45, 2.75) is 18.2 Å². The monoisotopic (exact) mass is 329 g/mol. The molecule has 0 bridgehead atoms. The van der Waals surface area contributed by atoms with E-state index in [1.54, 1.807) is 18.4 Å². The Morgan fingerprint density at radius 2 is 2.00 bits per heavy atom. The van der Waals surface area contributed by atoms with Crippen LogP contribution in [0.3, 0.4) is 0 Å². The number of thioether (sulfide) groups is 1. The first-order valence-corrected chi connectivity index (χ1v) is 7.43. The van der Waals surface area contributed by atoms with Crippen LogP contribution in [-0.4, -0.2) is 17.6 Å². The molecule has 21 heavy (non-hydrogen) atoms. The zero-order valence-corrected chi connectivity index (χ0v) is 13.0. The fourth-order valence-corrected chi connectivity index (χ4v) is 2.62. The van der Waals surface area contributed by atoms with Gasteiger partial charge in [0.05, 0.1) is 23.8 Å². The van der Waals surface area contributed by atoms with Crippen LogP contribution in [0, 0.1) is 5.82 Å². The second kappa shape index (κ2) is 8.87. The molecule has 1 aromatic carbocycles. The minimum Gasteiger partial charge on any atom is -0.468 e. The van der Waals surface area contributed by atoms with Gasteiger partial charge >= 0.3 is 0 Å². The highest BCUT2D eigenvalue weighted by Crippen LogP contribution is 2.13. The van der Waals surface area contributed by atoms with Gasteiger partial charge in [0.2, 0.25) is 0 Å².